The zero-order valence-corrected chi connectivity index (χ0v) is 22.0. The summed E-state index contributed by atoms with van der Waals surface area (Å²) in [5.41, 5.74) is -3.21. The smallest absolute Gasteiger partial charge is 0.459 e. The van der Waals surface area contributed by atoms with E-state index in [1.807, 2.05) is 4.98 Å². The third kappa shape index (κ3) is 6.31. The van der Waals surface area contributed by atoms with E-state index in [-0.39, 0.29) is 12.4 Å². The topological polar surface area (TPSA) is 158 Å². The Balaban J connectivity index is 1.84. The molecule has 2 aromatic rings. The zero-order chi connectivity index (χ0) is 26.7. The van der Waals surface area contributed by atoms with E-state index in [1.165, 1.54) is 26.0 Å². The van der Waals surface area contributed by atoms with Gasteiger partial charge in [-0.25, -0.2) is 13.8 Å². The SMILES string of the molecule is CCOC(=O)C(C)(C)NP(=O)(OC[C@H]1O[C@@H](n2ccc(=O)[nH]c2=O)[C@@](F)(Br)[C@@H]1O)Oc1ccccc1. The third-order valence-corrected chi connectivity index (χ3v) is 7.70. The quantitative estimate of drug-likeness (QED) is 0.211. The van der Waals surface area contributed by atoms with Gasteiger partial charge in [0.25, 0.3) is 5.56 Å². The van der Waals surface area contributed by atoms with Crippen molar-refractivity contribution in [2.24, 2.45) is 0 Å². The molecular formula is C21H26BrFN3O9P. The van der Waals surface area contributed by atoms with Crippen LogP contribution >= 0.6 is 23.7 Å². The molecule has 2 heterocycles. The summed E-state index contributed by atoms with van der Waals surface area (Å²) in [7, 11) is -4.36. The molecule has 1 fully saturated rings. The Morgan fingerprint density at radius 1 is 1.33 bits per heavy atom. The lowest BCUT2D eigenvalue weighted by Crippen LogP contribution is -2.47. The summed E-state index contributed by atoms with van der Waals surface area (Å²) in [6, 6.07) is 8.92. The van der Waals surface area contributed by atoms with E-state index in [0.29, 0.717) is 0 Å². The molecule has 1 aromatic carbocycles. The van der Waals surface area contributed by atoms with Crippen LogP contribution in [0.1, 0.15) is 27.0 Å². The maximum absolute atomic E-state index is 15.4. The highest BCUT2D eigenvalue weighted by Crippen LogP contribution is 2.50. The Morgan fingerprint density at radius 3 is 2.61 bits per heavy atom. The average Bonchev–Trinajstić information content (AvgIpc) is 3.01. The molecule has 1 unspecified atom stereocenters. The lowest BCUT2D eigenvalue weighted by Gasteiger charge is -2.29. The second-order valence-electron chi connectivity index (χ2n) is 8.32. The van der Waals surface area contributed by atoms with Gasteiger partial charge in [0, 0.05) is 12.3 Å². The summed E-state index contributed by atoms with van der Waals surface area (Å²) < 4.78 is 48.6. The van der Waals surface area contributed by atoms with E-state index in [2.05, 4.69) is 21.0 Å². The van der Waals surface area contributed by atoms with Gasteiger partial charge in [-0.2, -0.15) is 5.09 Å². The Morgan fingerprint density at radius 2 is 2.00 bits per heavy atom. The number of nitrogens with one attached hydrogen (secondary N) is 2. The van der Waals surface area contributed by atoms with Crippen LogP contribution in [-0.2, 0) is 23.4 Å². The zero-order valence-electron chi connectivity index (χ0n) is 19.6. The second-order valence-corrected chi connectivity index (χ2v) is 11.2. The Kier molecular flexibility index (Phi) is 8.59. The number of benzene rings is 1. The minimum Gasteiger partial charge on any atom is -0.465 e. The summed E-state index contributed by atoms with van der Waals surface area (Å²) in [6.07, 6.45) is -4.05. The second kappa shape index (κ2) is 11.0. The molecule has 15 heteroatoms. The summed E-state index contributed by atoms with van der Waals surface area (Å²) in [4.78, 5) is 37.8. The van der Waals surface area contributed by atoms with Gasteiger partial charge in [-0.05, 0) is 48.8 Å². The van der Waals surface area contributed by atoms with Crippen LogP contribution in [0.15, 0.2) is 52.2 Å². The van der Waals surface area contributed by atoms with Crippen molar-refractivity contribution in [1.82, 2.24) is 14.6 Å². The number of rotatable bonds is 10. The van der Waals surface area contributed by atoms with Crippen molar-refractivity contribution in [2.75, 3.05) is 13.2 Å². The van der Waals surface area contributed by atoms with Gasteiger partial charge in [0.05, 0.1) is 13.2 Å². The van der Waals surface area contributed by atoms with Crippen LogP contribution in [0, 0.1) is 0 Å². The molecule has 0 aliphatic carbocycles. The van der Waals surface area contributed by atoms with E-state index >= 15 is 4.39 Å². The lowest BCUT2D eigenvalue weighted by molar-refractivity contribution is -0.149. The number of aromatic nitrogens is 2. The first kappa shape index (κ1) is 28.2. The normalized spacial score (nSPS) is 25.8. The molecule has 1 aromatic heterocycles. The number of hydrogen-bond acceptors (Lipinski definition) is 9. The molecule has 0 bridgehead atoms. The van der Waals surface area contributed by atoms with Gasteiger partial charge < -0.3 is 19.1 Å². The van der Waals surface area contributed by atoms with Gasteiger partial charge in [0.1, 0.15) is 23.5 Å². The number of halogens is 2. The van der Waals surface area contributed by atoms with E-state index < -0.39 is 60.1 Å². The summed E-state index contributed by atoms with van der Waals surface area (Å²) in [6.45, 7) is 3.81. The molecule has 12 nitrogen and oxygen atoms in total. The Labute approximate surface area is 213 Å². The van der Waals surface area contributed by atoms with Crippen molar-refractivity contribution in [3.8, 4) is 5.75 Å². The van der Waals surface area contributed by atoms with Crippen LogP contribution in [0.4, 0.5) is 4.39 Å². The molecule has 3 N–H and O–H groups in total. The maximum Gasteiger partial charge on any atom is 0.459 e. The van der Waals surface area contributed by atoms with Crippen LogP contribution in [-0.4, -0.2) is 56.2 Å². The molecular weight excluding hydrogens is 568 g/mol. The fraction of sp³-hybridized carbons (Fsp3) is 0.476. The van der Waals surface area contributed by atoms with Crippen LogP contribution in [0.5, 0.6) is 5.75 Å². The maximum atomic E-state index is 15.4. The molecule has 3 rings (SSSR count). The highest BCUT2D eigenvalue weighted by Gasteiger charge is 2.57. The predicted molar refractivity (Wildman–Crippen MR) is 128 cm³/mol. The standard InChI is InChI=1S/C21H26BrFN3O9P/c1-4-32-18(29)20(2,3)25-36(31,35-13-8-6-5-7-9-13)33-12-14-16(28)21(22,23)17(34-14)26-11-10-15(27)24-19(26)30/h5-11,14,16-17,28H,4,12H2,1-3H3,(H,25,31)(H,24,27,30)/t14-,16-,17-,21-,36?/m1/s1. The number of H-pyrrole nitrogens is 1. The highest BCUT2D eigenvalue weighted by molar-refractivity contribution is 9.10. The Bertz CT molecular complexity index is 1240. The van der Waals surface area contributed by atoms with E-state index in [0.717, 1.165) is 16.8 Å². The van der Waals surface area contributed by atoms with E-state index in [9.17, 15) is 24.1 Å². The monoisotopic (exact) mass is 593 g/mol. The molecule has 36 heavy (non-hydrogen) atoms. The summed E-state index contributed by atoms with van der Waals surface area (Å²) >= 11 is 2.74. The van der Waals surface area contributed by atoms with Crippen LogP contribution in [0.3, 0.4) is 0 Å². The number of nitrogens with zero attached hydrogens (tertiary/aromatic N) is 1. The number of aliphatic hydroxyl groups is 1. The van der Waals surface area contributed by atoms with Crippen molar-refractivity contribution in [3.63, 3.8) is 0 Å². The summed E-state index contributed by atoms with van der Waals surface area (Å²) in [5, 5.41) is 13.1. The molecule has 0 radical (unpaired) electrons. The number of hydrogen-bond donors (Lipinski definition) is 3. The number of carbonyl (C=O) groups is 1. The van der Waals surface area contributed by atoms with E-state index in [4.69, 9.17) is 18.5 Å². The molecule has 198 valence electrons. The van der Waals surface area contributed by atoms with Gasteiger partial charge in [-0.3, -0.25) is 23.7 Å². The minimum atomic E-state index is -4.36. The third-order valence-electron chi connectivity index (χ3n) is 5.06. The number of alkyl halides is 2. The molecule has 0 spiro atoms. The van der Waals surface area contributed by atoms with Crippen molar-refractivity contribution in [2.45, 2.75) is 49.3 Å². The van der Waals surface area contributed by atoms with Crippen LogP contribution in [0.25, 0.3) is 0 Å². The van der Waals surface area contributed by atoms with Crippen molar-refractivity contribution < 1.29 is 37.4 Å². The molecule has 0 saturated carbocycles. The fourth-order valence-electron chi connectivity index (χ4n) is 3.29. The average molecular weight is 594 g/mol. The first-order chi connectivity index (χ1) is 16.8. The number of carbonyl (C=O) groups excluding carboxylic acids is 1. The molecule has 0 amide bonds. The molecule has 1 saturated heterocycles. The first-order valence-electron chi connectivity index (χ1n) is 10.8. The first-order valence-corrected chi connectivity index (χ1v) is 13.1. The molecule has 1 aliphatic rings. The van der Waals surface area contributed by atoms with Crippen molar-refractivity contribution >= 4 is 29.6 Å². The molecule has 1 aliphatic heterocycles. The predicted octanol–water partition coefficient (Wildman–Crippen LogP) is 1.99. The van der Waals surface area contributed by atoms with Crippen molar-refractivity contribution in [1.29, 1.82) is 0 Å². The van der Waals surface area contributed by atoms with Gasteiger partial charge >= 0.3 is 19.4 Å². The van der Waals surface area contributed by atoms with Gasteiger partial charge in [0.2, 0.25) is 4.58 Å². The number of aromatic amines is 1. The molecule has 5 atom stereocenters. The van der Waals surface area contributed by atoms with Gasteiger partial charge in [-0.1, -0.05) is 18.2 Å². The van der Waals surface area contributed by atoms with Gasteiger partial charge in [-0.15, -0.1) is 0 Å². The van der Waals surface area contributed by atoms with Crippen LogP contribution in [0.2, 0.25) is 0 Å². The van der Waals surface area contributed by atoms with Crippen LogP contribution < -0.4 is 20.9 Å². The largest absolute Gasteiger partial charge is 0.465 e. The Hall–Kier alpha value is -2.35. The number of aliphatic hydroxyl groups excluding tert-OH is 1. The van der Waals surface area contributed by atoms with E-state index in [1.54, 1.807) is 25.1 Å². The number of ether oxygens (including phenoxy) is 2. The summed E-state index contributed by atoms with van der Waals surface area (Å²) in [5.74, 6) is -0.595. The number of esters is 1. The highest BCUT2D eigenvalue weighted by atomic mass is 79.9. The fourth-order valence-corrected chi connectivity index (χ4v) is 5.60. The van der Waals surface area contributed by atoms with Crippen molar-refractivity contribution in [3.05, 3.63) is 63.4 Å². The van der Waals surface area contributed by atoms with Gasteiger partial charge in [0.15, 0.2) is 6.23 Å². The minimum absolute atomic E-state index is 0.0755. The number of para-hydroxylation sites is 1. The lowest BCUT2D eigenvalue weighted by atomic mass is 10.1.